The van der Waals surface area contributed by atoms with Gasteiger partial charge in [0.2, 0.25) is 0 Å². The Hall–Kier alpha value is -1.24. The summed E-state index contributed by atoms with van der Waals surface area (Å²) in [5.74, 6) is 0.752. The summed E-state index contributed by atoms with van der Waals surface area (Å²) >= 11 is 0. The van der Waals surface area contributed by atoms with E-state index in [9.17, 15) is 0 Å². The van der Waals surface area contributed by atoms with Crippen LogP contribution in [0.1, 0.15) is 25.8 Å². The lowest BCUT2D eigenvalue weighted by Crippen LogP contribution is -2.04. The first-order valence-corrected chi connectivity index (χ1v) is 5.76. The average molecular weight is 201 g/mol. The molecule has 0 saturated heterocycles. The van der Waals surface area contributed by atoms with Crippen molar-refractivity contribution in [1.29, 1.82) is 0 Å². The average Bonchev–Trinajstić information content (AvgIpc) is 2.60. The maximum absolute atomic E-state index is 2.36. The lowest BCUT2D eigenvalue weighted by atomic mass is 10.1. The van der Waals surface area contributed by atoms with Gasteiger partial charge in [-0.15, -0.1) is 0 Å². The van der Waals surface area contributed by atoms with Crippen LogP contribution in [0.4, 0.5) is 0 Å². The number of rotatable bonds is 3. The van der Waals surface area contributed by atoms with Gasteiger partial charge in [0.25, 0.3) is 0 Å². The van der Waals surface area contributed by atoms with Gasteiger partial charge in [-0.25, -0.2) is 0 Å². The second-order valence-electron chi connectivity index (χ2n) is 4.54. The van der Waals surface area contributed by atoms with Crippen LogP contribution in [0, 0.1) is 12.8 Å². The molecule has 0 amide bonds. The largest absolute Gasteiger partial charge is 0.347 e. The highest BCUT2D eigenvalue weighted by Crippen LogP contribution is 2.19. The summed E-state index contributed by atoms with van der Waals surface area (Å²) in [6.45, 7) is 7.83. The monoisotopic (exact) mass is 201 g/mol. The minimum Gasteiger partial charge on any atom is -0.347 e. The molecular weight excluding hydrogens is 182 g/mol. The molecular formula is C14H19N. The molecule has 0 N–H and O–H groups in total. The quantitative estimate of drug-likeness (QED) is 0.707. The summed E-state index contributed by atoms with van der Waals surface area (Å²) in [4.78, 5) is 0. The summed E-state index contributed by atoms with van der Waals surface area (Å²) in [7, 11) is 0. The van der Waals surface area contributed by atoms with E-state index in [0.717, 1.165) is 12.5 Å². The van der Waals surface area contributed by atoms with Crippen molar-refractivity contribution in [2.45, 2.75) is 33.7 Å². The Labute approximate surface area is 91.7 Å². The van der Waals surface area contributed by atoms with Crippen molar-refractivity contribution < 1.29 is 0 Å². The summed E-state index contributed by atoms with van der Waals surface area (Å²) in [5.41, 5.74) is 2.70. The number of hydrogen-bond acceptors (Lipinski definition) is 0. The van der Waals surface area contributed by atoms with Crippen LogP contribution >= 0.6 is 0 Å². The first kappa shape index (κ1) is 10.3. The standard InChI is InChI=1S/C14H19N/c1-4-11(2)10-15-8-7-13-9-12(3)5-6-14(13)15/h5-9,11H,4,10H2,1-3H3. The third-order valence-corrected chi connectivity index (χ3v) is 3.13. The fraction of sp³-hybridized carbons (Fsp3) is 0.429. The first-order chi connectivity index (χ1) is 7.20. The van der Waals surface area contributed by atoms with E-state index in [2.05, 4.69) is 55.8 Å². The fourth-order valence-electron chi connectivity index (χ4n) is 1.94. The lowest BCUT2D eigenvalue weighted by Gasteiger charge is -2.11. The Kier molecular flexibility index (Phi) is 2.81. The van der Waals surface area contributed by atoms with Crippen molar-refractivity contribution in [2.75, 3.05) is 0 Å². The van der Waals surface area contributed by atoms with Crippen LogP contribution in [0.25, 0.3) is 10.9 Å². The minimum absolute atomic E-state index is 0.752. The van der Waals surface area contributed by atoms with Crippen molar-refractivity contribution >= 4 is 10.9 Å². The van der Waals surface area contributed by atoms with Crippen molar-refractivity contribution in [3.8, 4) is 0 Å². The summed E-state index contributed by atoms with van der Waals surface area (Å²) in [6.07, 6.45) is 3.45. The zero-order valence-electron chi connectivity index (χ0n) is 9.83. The second kappa shape index (κ2) is 4.09. The molecule has 1 heterocycles. The molecule has 2 rings (SSSR count). The molecule has 0 bridgehead atoms. The zero-order chi connectivity index (χ0) is 10.8. The molecule has 0 aliphatic carbocycles. The van der Waals surface area contributed by atoms with E-state index in [1.807, 2.05) is 0 Å². The topological polar surface area (TPSA) is 4.93 Å². The summed E-state index contributed by atoms with van der Waals surface area (Å²) in [5, 5.41) is 1.36. The van der Waals surface area contributed by atoms with Gasteiger partial charge in [0.1, 0.15) is 0 Å². The molecule has 0 saturated carbocycles. The third kappa shape index (κ3) is 2.06. The van der Waals surface area contributed by atoms with Crippen LogP contribution in [0.15, 0.2) is 30.5 Å². The zero-order valence-corrected chi connectivity index (χ0v) is 9.83. The predicted octanol–water partition coefficient (Wildman–Crippen LogP) is 4.00. The Morgan fingerprint density at radius 1 is 1.27 bits per heavy atom. The molecule has 0 fully saturated rings. The van der Waals surface area contributed by atoms with Gasteiger partial charge in [-0.3, -0.25) is 0 Å². The van der Waals surface area contributed by atoms with Gasteiger partial charge < -0.3 is 4.57 Å². The molecule has 2 aromatic rings. The molecule has 1 heteroatoms. The van der Waals surface area contributed by atoms with E-state index >= 15 is 0 Å². The number of fused-ring (bicyclic) bond motifs is 1. The fourth-order valence-corrected chi connectivity index (χ4v) is 1.94. The van der Waals surface area contributed by atoms with Crippen LogP contribution < -0.4 is 0 Å². The van der Waals surface area contributed by atoms with Gasteiger partial charge in [-0.1, -0.05) is 31.9 Å². The minimum atomic E-state index is 0.752. The lowest BCUT2D eigenvalue weighted by molar-refractivity contribution is 0.477. The molecule has 15 heavy (non-hydrogen) atoms. The van der Waals surface area contributed by atoms with Crippen molar-refractivity contribution in [3.63, 3.8) is 0 Å². The molecule has 0 spiro atoms. The van der Waals surface area contributed by atoms with Gasteiger partial charge in [-0.2, -0.15) is 0 Å². The van der Waals surface area contributed by atoms with E-state index in [0.29, 0.717) is 0 Å². The third-order valence-electron chi connectivity index (χ3n) is 3.13. The molecule has 80 valence electrons. The van der Waals surface area contributed by atoms with Gasteiger partial charge >= 0.3 is 0 Å². The highest BCUT2D eigenvalue weighted by Gasteiger charge is 2.04. The first-order valence-electron chi connectivity index (χ1n) is 5.76. The van der Waals surface area contributed by atoms with Gasteiger partial charge in [0.05, 0.1) is 0 Å². The van der Waals surface area contributed by atoms with Crippen LogP contribution in [-0.2, 0) is 6.54 Å². The maximum Gasteiger partial charge on any atom is 0.0480 e. The van der Waals surface area contributed by atoms with Crippen LogP contribution in [0.5, 0.6) is 0 Å². The maximum atomic E-state index is 2.36. The number of aromatic nitrogens is 1. The van der Waals surface area contributed by atoms with Crippen molar-refractivity contribution in [3.05, 3.63) is 36.0 Å². The second-order valence-corrected chi connectivity index (χ2v) is 4.54. The molecule has 1 aromatic heterocycles. The van der Waals surface area contributed by atoms with E-state index in [1.54, 1.807) is 0 Å². The SMILES string of the molecule is CCC(C)Cn1ccc2cc(C)ccc21. The van der Waals surface area contributed by atoms with Crippen molar-refractivity contribution in [1.82, 2.24) is 4.57 Å². The number of nitrogens with zero attached hydrogens (tertiary/aromatic N) is 1. The normalized spacial score (nSPS) is 13.3. The van der Waals surface area contributed by atoms with Crippen LogP contribution in [0.3, 0.4) is 0 Å². The van der Waals surface area contributed by atoms with Crippen molar-refractivity contribution in [2.24, 2.45) is 5.92 Å². The molecule has 0 radical (unpaired) electrons. The van der Waals surface area contributed by atoms with Crippen LogP contribution in [-0.4, -0.2) is 4.57 Å². The van der Waals surface area contributed by atoms with Crippen LogP contribution in [0.2, 0.25) is 0 Å². The van der Waals surface area contributed by atoms with Gasteiger partial charge in [-0.05, 0) is 36.4 Å². The summed E-state index contributed by atoms with van der Waals surface area (Å²) < 4.78 is 2.36. The number of benzene rings is 1. The van der Waals surface area contributed by atoms with E-state index in [1.165, 1.54) is 22.9 Å². The smallest absolute Gasteiger partial charge is 0.0480 e. The summed E-state index contributed by atoms with van der Waals surface area (Å²) in [6, 6.07) is 8.88. The Bertz CT molecular complexity index is 453. The Morgan fingerprint density at radius 3 is 2.80 bits per heavy atom. The molecule has 1 unspecified atom stereocenters. The number of aryl methyl sites for hydroxylation is 1. The molecule has 0 aliphatic heterocycles. The van der Waals surface area contributed by atoms with Gasteiger partial charge in [0.15, 0.2) is 0 Å². The molecule has 1 atom stereocenters. The van der Waals surface area contributed by atoms with E-state index in [-0.39, 0.29) is 0 Å². The predicted molar refractivity (Wildman–Crippen MR) is 66.1 cm³/mol. The highest BCUT2D eigenvalue weighted by atomic mass is 15.0. The Balaban J connectivity index is 2.36. The van der Waals surface area contributed by atoms with E-state index in [4.69, 9.17) is 0 Å². The Morgan fingerprint density at radius 2 is 2.07 bits per heavy atom. The molecule has 1 aromatic carbocycles. The van der Waals surface area contributed by atoms with E-state index < -0.39 is 0 Å². The highest BCUT2D eigenvalue weighted by molar-refractivity contribution is 5.80. The molecule has 1 nitrogen and oxygen atoms in total. The molecule has 0 aliphatic rings. The number of hydrogen-bond donors (Lipinski definition) is 0. The van der Waals surface area contributed by atoms with Gasteiger partial charge in [0, 0.05) is 18.3 Å².